The van der Waals surface area contributed by atoms with E-state index in [1.54, 1.807) is 33.0 Å². The monoisotopic (exact) mass is 717 g/mol. The van der Waals surface area contributed by atoms with Crippen molar-refractivity contribution in [3.63, 3.8) is 0 Å². The molecular formula is C27H32IN3O8S2. The van der Waals surface area contributed by atoms with Crippen molar-refractivity contribution < 1.29 is 31.0 Å². The summed E-state index contributed by atoms with van der Waals surface area (Å²) in [6.07, 6.45) is 2.94. The Hall–Kier alpha value is -2.79. The predicted octanol–water partition coefficient (Wildman–Crippen LogP) is 3.87. The van der Waals surface area contributed by atoms with Crippen LogP contribution in [0.4, 0.5) is 5.69 Å². The number of pyridine rings is 1. The second kappa shape index (κ2) is 12.2. The zero-order chi connectivity index (χ0) is 30.9. The number of halogens is 1. The highest BCUT2D eigenvalue weighted by atomic mass is 127. The maximum Gasteiger partial charge on any atom is 0.294 e. The zero-order valence-electron chi connectivity index (χ0n) is 23.2. The minimum atomic E-state index is -4.50. The summed E-state index contributed by atoms with van der Waals surface area (Å²) in [7, 11) is -3.38. The Morgan fingerprint density at radius 2 is 1.76 bits per heavy atom. The highest BCUT2D eigenvalue weighted by Crippen LogP contribution is 2.33. The first kappa shape index (κ1) is 32.7. The van der Waals surface area contributed by atoms with Gasteiger partial charge in [-0.3, -0.25) is 18.9 Å². The number of aliphatic imine (C=N–C) groups is 1. The summed E-state index contributed by atoms with van der Waals surface area (Å²) in [5.74, 6) is -0.735. The average molecular weight is 718 g/mol. The van der Waals surface area contributed by atoms with Crippen LogP contribution >= 0.6 is 22.6 Å². The van der Waals surface area contributed by atoms with Crippen LogP contribution < -0.4 is 10.5 Å². The molecule has 222 valence electrons. The number of hydrogen-bond acceptors (Lipinski definition) is 8. The van der Waals surface area contributed by atoms with Crippen molar-refractivity contribution in [2.75, 3.05) is 31.3 Å². The van der Waals surface area contributed by atoms with Gasteiger partial charge in [0.1, 0.15) is 5.75 Å². The quantitative estimate of drug-likeness (QED) is 0.122. The summed E-state index contributed by atoms with van der Waals surface area (Å²) in [5.41, 5.74) is 0.740. The van der Waals surface area contributed by atoms with E-state index >= 15 is 0 Å². The molecule has 3 N–H and O–H groups in total. The Morgan fingerprint density at radius 3 is 2.34 bits per heavy atom. The van der Waals surface area contributed by atoms with Gasteiger partial charge in [-0.25, -0.2) is 0 Å². The number of anilines is 1. The summed E-state index contributed by atoms with van der Waals surface area (Å²) in [6.45, 7) is 3.50. The van der Waals surface area contributed by atoms with Crippen LogP contribution in [0.25, 0.3) is 17.0 Å². The average Bonchev–Trinajstić information content (AvgIpc) is 2.86. The van der Waals surface area contributed by atoms with E-state index in [1.807, 2.05) is 47.7 Å². The summed E-state index contributed by atoms with van der Waals surface area (Å²) in [5, 5.41) is 11.5. The number of nitrogens with zero attached hydrogens (tertiary/aromatic N) is 3. The lowest BCUT2D eigenvalue weighted by atomic mass is 9.79. The number of aryl methyl sites for hydroxylation is 1. The Bertz CT molecular complexity index is 1830. The summed E-state index contributed by atoms with van der Waals surface area (Å²) in [4.78, 5) is 19.4. The number of hydrogen-bond donors (Lipinski definition) is 3. The van der Waals surface area contributed by atoms with Crippen LogP contribution in [0.1, 0.15) is 31.4 Å². The van der Waals surface area contributed by atoms with Gasteiger partial charge >= 0.3 is 0 Å². The molecule has 1 aromatic heterocycles. The largest absolute Gasteiger partial charge is 0.506 e. The van der Waals surface area contributed by atoms with E-state index in [4.69, 9.17) is 4.55 Å². The van der Waals surface area contributed by atoms with Gasteiger partial charge in [-0.2, -0.15) is 16.8 Å². The maximum atomic E-state index is 13.3. The van der Waals surface area contributed by atoms with Gasteiger partial charge in [0, 0.05) is 53.5 Å². The Balaban J connectivity index is 2.18. The first-order valence-corrected chi connectivity index (χ1v) is 16.5. The SMILES string of the molecule is CN(C)c1ccc2c(O)c(/C=C/C(=NCCCS(=O)(=O)O)C(C)(C)c3cc(S(=O)(=O)O)ccc3I)c(=O)n(C)c2c1. The van der Waals surface area contributed by atoms with Crippen LogP contribution in [0, 0.1) is 3.57 Å². The molecule has 0 radical (unpaired) electrons. The van der Waals surface area contributed by atoms with E-state index in [0.29, 0.717) is 25.7 Å². The van der Waals surface area contributed by atoms with E-state index in [9.17, 15) is 31.3 Å². The fourth-order valence-electron chi connectivity index (χ4n) is 4.31. The molecule has 0 fully saturated rings. The van der Waals surface area contributed by atoms with Crippen molar-refractivity contribution in [3.05, 3.63) is 67.5 Å². The number of aromatic nitrogens is 1. The molecule has 41 heavy (non-hydrogen) atoms. The highest BCUT2D eigenvalue weighted by molar-refractivity contribution is 14.1. The molecular weight excluding hydrogens is 685 g/mol. The van der Waals surface area contributed by atoms with Crippen molar-refractivity contribution in [2.24, 2.45) is 12.0 Å². The second-order valence-electron chi connectivity index (χ2n) is 10.2. The van der Waals surface area contributed by atoms with E-state index in [0.717, 1.165) is 5.69 Å². The third kappa shape index (κ3) is 7.54. The molecule has 0 unspecified atom stereocenters. The maximum absolute atomic E-state index is 13.3. The second-order valence-corrected chi connectivity index (χ2v) is 14.4. The van der Waals surface area contributed by atoms with Crippen LogP contribution in [0.3, 0.4) is 0 Å². The van der Waals surface area contributed by atoms with Crippen molar-refractivity contribution in [3.8, 4) is 5.75 Å². The smallest absolute Gasteiger partial charge is 0.294 e. The third-order valence-corrected chi connectivity index (χ3v) is 9.30. The lowest BCUT2D eigenvalue weighted by Crippen LogP contribution is -2.30. The molecule has 0 aliphatic rings. The molecule has 2 aromatic carbocycles. The highest BCUT2D eigenvalue weighted by Gasteiger charge is 2.30. The predicted molar refractivity (Wildman–Crippen MR) is 170 cm³/mol. The van der Waals surface area contributed by atoms with Gasteiger partial charge in [0.15, 0.2) is 0 Å². The van der Waals surface area contributed by atoms with Crippen LogP contribution in [0.15, 0.2) is 57.2 Å². The molecule has 0 spiro atoms. The number of benzene rings is 2. The Morgan fingerprint density at radius 1 is 1.10 bits per heavy atom. The van der Waals surface area contributed by atoms with Crippen LogP contribution in [-0.2, 0) is 32.7 Å². The van der Waals surface area contributed by atoms with Gasteiger partial charge < -0.3 is 14.6 Å². The number of rotatable bonds is 10. The molecule has 3 aromatic rings. The van der Waals surface area contributed by atoms with Crippen LogP contribution in [0.2, 0.25) is 0 Å². The number of aromatic hydroxyl groups is 1. The lowest BCUT2D eigenvalue weighted by Gasteiger charge is -2.28. The van der Waals surface area contributed by atoms with E-state index in [-0.39, 0.29) is 29.2 Å². The lowest BCUT2D eigenvalue weighted by molar-refractivity contribution is 0.477. The van der Waals surface area contributed by atoms with E-state index < -0.39 is 37.0 Å². The standard InChI is InChI=1S/C27H32IN3O8S2/c1-27(2,21-16-18(41(37,38)39)8-11-22(21)28)24(29-13-6-14-40(34,35)36)12-10-20-25(32)19-9-7-17(30(3)4)15-23(19)31(5)26(20)33/h7-12,15-16,32H,6,13-14H2,1-5H3,(H,34,35,36)(H,37,38,39)/b12-10+,29-24?. The normalized spacial score (nSPS) is 13.3. The van der Waals surface area contributed by atoms with Crippen molar-refractivity contribution >= 4 is 71.2 Å². The minimum Gasteiger partial charge on any atom is -0.506 e. The van der Waals surface area contributed by atoms with Gasteiger partial charge in [-0.1, -0.05) is 13.8 Å². The van der Waals surface area contributed by atoms with Crippen molar-refractivity contribution in [1.82, 2.24) is 4.57 Å². The van der Waals surface area contributed by atoms with Crippen LogP contribution in [0.5, 0.6) is 5.75 Å². The molecule has 11 nitrogen and oxygen atoms in total. The first-order valence-electron chi connectivity index (χ1n) is 12.3. The molecule has 0 saturated heterocycles. The fourth-order valence-corrected chi connectivity index (χ4v) is 6.32. The molecule has 3 rings (SSSR count). The Kier molecular flexibility index (Phi) is 9.75. The zero-order valence-corrected chi connectivity index (χ0v) is 26.9. The number of fused-ring (bicyclic) bond motifs is 1. The Labute approximate surface area is 252 Å². The number of allylic oxidation sites excluding steroid dienone is 1. The van der Waals surface area contributed by atoms with Gasteiger partial charge in [-0.05, 0) is 83.1 Å². The topological polar surface area (TPSA) is 167 Å². The minimum absolute atomic E-state index is 0.000391. The van der Waals surface area contributed by atoms with E-state index in [1.165, 1.54) is 34.9 Å². The van der Waals surface area contributed by atoms with Gasteiger partial charge in [0.2, 0.25) is 0 Å². The van der Waals surface area contributed by atoms with Gasteiger partial charge in [0.25, 0.3) is 25.8 Å². The molecule has 0 amide bonds. The molecule has 0 aliphatic heterocycles. The summed E-state index contributed by atoms with van der Waals surface area (Å²) in [6, 6.07) is 9.46. The fraction of sp³-hybridized carbons (Fsp3) is 0.333. The van der Waals surface area contributed by atoms with Gasteiger partial charge in [0.05, 0.1) is 21.7 Å². The third-order valence-electron chi connectivity index (χ3n) is 6.70. The van der Waals surface area contributed by atoms with Gasteiger partial charge in [-0.15, -0.1) is 0 Å². The summed E-state index contributed by atoms with van der Waals surface area (Å²) < 4.78 is 66.9. The summed E-state index contributed by atoms with van der Waals surface area (Å²) >= 11 is 2.03. The van der Waals surface area contributed by atoms with E-state index in [2.05, 4.69) is 4.99 Å². The van der Waals surface area contributed by atoms with Crippen molar-refractivity contribution in [2.45, 2.75) is 30.6 Å². The molecule has 0 bridgehead atoms. The molecule has 14 heteroatoms. The molecule has 0 saturated carbocycles. The molecule has 1 heterocycles. The first-order chi connectivity index (χ1) is 18.8. The molecule has 0 atom stereocenters. The van der Waals surface area contributed by atoms with Crippen LogP contribution in [-0.4, -0.2) is 67.7 Å². The van der Waals surface area contributed by atoms with Crippen molar-refractivity contribution in [1.29, 1.82) is 0 Å². The molecule has 0 aliphatic carbocycles.